The molecule has 2 saturated carbocycles. The summed E-state index contributed by atoms with van der Waals surface area (Å²) in [6.07, 6.45) is 6.49. The van der Waals surface area contributed by atoms with E-state index < -0.39 is 0 Å². The number of hydrogen-bond donors (Lipinski definition) is 3. The average molecular weight is 383 g/mol. The molecule has 0 spiro atoms. The number of aromatic nitrogens is 2. The number of nitrogens with one attached hydrogen (secondary N) is 2. The van der Waals surface area contributed by atoms with Crippen molar-refractivity contribution in [2.24, 2.45) is 23.5 Å². The first-order chi connectivity index (χ1) is 13.5. The zero-order valence-corrected chi connectivity index (χ0v) is 15.8. The zero-order valence-electron chi connectivity index (χ0n) is 15.8. The lowest BCUT2D eigenvalue weighted by atomic mass is 9.84. The van der Waals surface area contributed by atoms with Crippen molar-refractivity contribution >= 4 is 23.2 Å². The summed E-state index contributed by atoms with van der Waals surface area (Å²) >= 11 is 0. The van der Waals surface area contributed by atoms with Crippen LogP contribution in [-0.4, -0.2) is 34.7 Å². The second-order valence-corrected chi connectivity index (χ2v) is 7.63. The number of fused-ring (bicyclic) bond motifs is 2. The van der Waals surface area contributed by atoms with Gasteiger partial charge in [0.1, 0.15) is 12.3 Å². The normalized spacial score (nSPS) is 25.5. The van der Waals surface area contributed by atoms with E-state index >= 15 is 0 Å². The summed E-state index contributed by atoms with van der Waals surface area (Å²) in [6, 6.07) is 7.03. The van der Waals surface area contributed by atoms with Crippen molar-refractivity contribution in [1.82, 2.24) is 9.78 Å². The Balaban J connectivity index is 1.31. The van der Waals surface area contributed by atoms with Crippen LogP contribution >= 0.6 is 0 Å². The van der Waals surface area contributed by atoms with Gasteiger partial charge in [0.2, 0.25) is 11.8 Å². The van der Waals surface area contributed by atoms with Gasteiger partial charge in [-0.3, -0.25) is 14.3 Å². The first-order valence-corrected chi connectivity index (χ1v) is 9.56. The molecule has 2 aliphatic rings. The molecule has 1 aromatic carbocycles. The number of ether oxygens (including phenoxy) is 1. The van der Waals surface area contributed by atoms with E-state index in [1.54, 1.807) is 43.8 Å². The number of amides is 2. The van der Waals surface area contributed by atoms with Gasteiger partial charge in [0.25, 0.3) is 0 Å². The molecule has 2 aliphatic carbocycles. The lowest BCUT2D eigenvalue weighted by molar-refractivity contribution is -0.121. The minimum absolute atomic E-state index is 0.0399. The molecule has 8 heteroatoms. The van der Waals surface area contributed by atoms with E-state index in [0.29, 0.717) is 23.2 Å². The largest absolute Gasteiger partial charge is 0.497 e. The molecule has 4 N–H and O–H groups in total. The van der Waals surface area contributed by atoms with Crippen molar-refractivity contribution in [2.75, 3.05) is 17.7 Å². The highest BCUT2D eigenvalue weighted by atomic mass is 16.5. The molecule has 4 rings (SSSR count). The Hall–Kier alpha value is -2.87. The number of benzene rings is 1. The van der Waals surface area contributed by atoms with Gasteiger partial charge in [0.15, 0.2) is 0 Å². The van der Waals surface area contributed by atoms with E-state index in [1.807, 2.05) is 0 Å². The van der Waals surface area contributed by atoms with Crippen LogP contribution in [0.15, 0.2) is 36.7 Å². The number of nitrogens with zero attached hydrogens (tertiary/aromatic N) is 2. The standard InChI is InChI=1S/C20H25N5O3/c1-28-16-6-4-14(5-7-16)23-17(26)11-25-10-15(9-22-25)24-20(27)18-12-2-3-13(8-12)19(18)21/h4-7,9-10,12-13,18-19H,2-3,8,11,21H2,1H3,(H,23,26)(H,24,27). The summed E-state index contributed by atoms with van der Waals surface area (Å²) in [5.41, 5.74) is 7.50. The van der Waals surface area contributed by atoms with E-state index in [-0.39, 0.29) is 30.3 Å². The smallest absolute Gasteiger partial charge is 0.246 e. The molecule has 2 amide bonds. The summed E-state index contributed by atoms with van der Waals surface area (Å²) in [5, 5.41) is 9.87. The van der Waals surface area contributed by atoms with Gasteiger partial charge >= 0.3 is 0 Å². The highest BCUT2D eigenvalue weighted by Gasteiger charge is 2.49. The Morgan fingerprint density at radius 3 is 2.61 bits per heavy atom. The number of anilines is 2. The van der Waals surface area contributed by atoms with E-state index in [0.717, 1.165) is 25.0 Å². The molecule has 1 heterocycles. The van der Waals surface area contributed by atoms with Crippen LogP contribution < -0.4 is 21.1 Å². The number of rotatable bonds is 6. The number of methoxy groups -OCH3 is 1. The molecule has 2 fully saturated rings. The summed E-state index contributed by atoms with van der Waals surface area (Å²) in [5.74, 6) is 1.22. The lowest BCUT2D eigenvalue weighted by Gasteiger charge is -2.26. The summed E-state index contributed by atoms with van der Waals surface area (Å²) in [7, 11) is 1.59. The molecule has 2 aromatic rings. The quantitative estimate of drug-likeness (QED) is 0.705. The van der Waals surface area contributed by atoms with Crippen LogP contribution in [0.3, 0.4) is 0 Å². The minimum atomic E-state index is -0.207. The highest BCUT2D eigenvalue weighted by molar-refractivity contribution is 5.93. The summed E-state index contributed by atoms with van der Waals surface area (Å²) < 4.78 is 6.59. The Morgan fingerprint density at radius 1 is 1.18 bits per heavy atom. The number of carbonyl (C=O) groups is 2. The second-order valence-electron chi connectivity index (χ2n) is 7.63. The first-order valence-electron chi connectivity index (χ1n) is 9.56. The highest BCUT2D eigenvalue weighted by Crippen LogP contribution is 2.47. The molecule has 8 nitrogen and oxygen atoms in total. The van der Waals surface area contributed by atoms with Crippen molar-refractivity contribution in [3.8, 4) is 5.75 Å². The first kappa shape index (κ1) is 18.5. The SMILES string of the molecule is COc1ccc(NC(=O)Cn2cc(NC(=O)C3C4CCC(C4)C3N)cn2)cc1. The predicted molar refractivity (Wildman–Crippen MR) is 105 cm³/mol. The van der Waals surface area contributed by atoms with Crippen molar-refractivity contribution in [3.05, 3.63) is 36.7 Å². The Morgan fingerprint density at radius 2 is 1.93 bits per heavy atom. The Kier molecular flexibility index (Phi) is 5.04. The van der Waals surface area contributed by atoms with Gasteiger partial charge in [-0.2, -0.15) is 5.10 Å². The van der Waals surface area contributed by atoms with Gasteiger partial charge in [-0.05, 0) is 55.4 Å². The van der Waals surface area contributed by atoms with Crippen LogP contribution in [0.4, 0.5) is 11.4 Å². The van der Waals surface area contributed by atoms with E-state index in [1.165, 1.54) is 4.68 Å². The fourth-order valence-electron chi connectivity index (χ4n) is 4.49. The maximum atomic E-state index is 12.6. The summed E-state index contributed by atoms with van der Waals surface area (Å²) in [4.78, 5) is 24.8. The van der Waals surface area contributed by atoms with Crippen LogP contribution in [-0.2, 0) is 16.1 Å². The van der Waals surface area contributed by atoms with Crippen LogP contribution in [0.1, 0.15) is 19.3 Å². The molecule has 4 atom stereocenters. The summed E-state index contributed by atoms with van der Waals surface area (Å²) in [6.45, 7) is 0.0511. The second kappa shape index (κ2) is 7.63. The molecule has 28 heavy (non-hydrogen) atoms. The van der Waals surface area contributed by atoms with Crippen LogP contribution in [0.2, 0.25) is 0 Å². The molecular weight excluding hydrogens is 358 g/mol. The average Bonchev–Trinajstić information content (AvgIpc) is 3.39. The van der Waals surface area contributed by atoms with Gasteiger partial charge in [-0.25, -0.2) is 0 Å². The van der Waals surface area contributed by atoms with Gasteiger partial charge in [0.05, 0.1) is 24.9 Å². The fourth-order valence-corrected chi connectivity index (χ4v) is 4.49. The predicted octanol–water partition coefficient (Wildman–Crippen LogP) is 1.84. The molecule has 2 bridgehead atoms. The number of hydrogen-bond acceptors (Lipinski definition) is 5. The minimum Gasteiger partial charge on any atom is -0.497 e. The van der Waals surface area contributed by atoms with Crippen LogP contribution in [0.25, 0.3) is 0 Å². The third-order valence-corrected chi connectivity index (χ3v) is 5.86. The van der Waals surface area contributed by atoms with Crippen molar-refractivity contribution < 1.29 is 14.3 Å². The molecular formula is C20H25N5O3. The van der Waals surface area contributed by atoms with Gasteiger partial charge in [-0.15, -0.1) is 0 Å². The van der Waals surface area contributed by atoms with E-state index in [4.69, 9.17) is 10.5 Å². The van der Waals surface area contributed by atoms with Crippen molar-refractivity contribution in [3.63, 3.8) is 0 Å². The van der Waals surface area contributed by atoms with Crippen molar-refractivity contribution in [1.29, 1.82) is 0 Å². The lowest BCUT2D eigenvalue weighted by Crippen LogP contribution is -2.42. The number of carbonyl (C=O) groups excluding carboxylic acids is 2. The Labute approximate surface area is 163 Å². The van der Waals surface area contributed by atoms with E-state index in [9.17, 15) is 9.59 Å². The Bertz CT molecular complexity index is 861. The molecule has 148 valence electrons. The zero-order chi connectivity index (χ0) is 19.7. The van der Waals surface area contributed by atoms with Gasteiger partial charge in [0, 0.05) is 17.9 Å². The number of nitrogens with two attached hydrogens (primary N) is 1. The van der Waals surface area contributed by atoms with E-state index in [2.05, 4.69) is 15.7 Å². The maximum absolute atomic E-state index is 12.6. The fraction of sp³-hybridized carbons (Fsp3) is 0.450. The topological polar surface area (TPSA) is 111 Å². The van der Waals surface area contributed by atoms with Crippen LogP contribution in [0.5, 0.6) is 5.75 Å². The molecule has 0 aliphatic heterocycles. The third kappa shape index (κ3) is 3.73. The molecule has 0 saturated heterocycles. The molecule has 1 aromatic heterocycles. The maximum Gasteiger partial charge on any atom is 0.246 e. The molecule has 0 radical (unpaired) electrons. The van der Waals surface area contributed by atoms with Gasteiger partial charge < -0.3 is 21.1 Å². The third-order valence-electron chi connectivity index (χ3n) is 5.86. The molecule has 4 unspecified atom stereocenters. The van der Waals surface area contributed by atoms with Crippen LogP contribution in [0, 0.1) is 17.8 Å². The van der Waals surface area contributed by atoms with Crippen molar-refractivity contribution in [2.45, 2.75) is 31.8 Å². The van der Waals surface area contributed by atoms with Gasteiger partial charge in [-0.1, -0.05) is 0 Å². The monoisotopic (exact) mass is 383 g/mol.